The summed E-state index contributed by atoms with van der Waals surface area (Å²) in [6, 6.07) is -0.142. The van der Waals surface area contributed by atoms with Gasteiger partial charge in [-0.3, -0.25) is 10.1 Å². The zero-order chi connectivity index (χ0) is 8.27. The predicted molar refractivity (Wildman–Crippen MR) is 39.0 cm³/mol. The molecule has 11 heavy (non-hydrogen) atoms. The van der Waals surface area contributed by atoms with E-state index in [4.69, 9.17) is 5.11 Å². The van der Waals surface area contributed by atoms with E-state index in [-0.39, 0.29) is 24.7 Å². The standard InChI is InChI=1S/C7H13NO3/c1-11-7(10)6-3-2-5(4-9)8-6/h5-6,8-9H,2-4H2,1H3/t5-,6-/m0/s1. The van der Waals surface area contributed by atoms with Crippen LogP contribution in [0.15, 0.2) is 0 Å². The van der Waals surface area contributed by atoms with E-state index in [1.54, 1.807) is 0 Å². The Bertz CT molecular complexity index is 149. The SMILES string of the molecule is COC(=O)[C@@H]1CC[C@@H](CO)N1. The molecular weight excluding hydrogens is 146 g/mol. The van der Waals surface area contributed by atoms with Gasteiger partial charge in [0.1, 0.15) is 6.04 Å². The van der Waals surface area contributed by atoms with Crippen molar-refractivity contribution >= 4 is 5.97 Å². The van der Waals surface area contributed by atoms with Gasteiger partial charge in [0.15, 0.2) is 0 Å². The second-order valence-electron chi connectivity index (χ2n) is 2.70. The average molecular weight is 159 g/mol. The molecule has 0 aromatic carbocycles. The van der Waals surface area contributed by atoms with E-state index in [0.29, 0.717) is 0 Å². The Labute approximate surface area is 65.5 Å². The molecule has 0 aliphatic carbocycles. The van der Waals surface area contributed by atoms with Crippen LogP contribution in [0.3, 0.4) is 0 Å². The first-order chi connectivity index (χ1) is 5.27. The van der Waals surface area contributed by atoms with Crippen LogP contribution in [0.4, 0.5) is 0 Å². The number of ether oxygens (including phenoxy) is 1. The predicted octanol–water partition coefficient (Wildman–Crippen LogP) is -0.728. The Hall–Kier alpha value is -0.610. The Morgan fingerprint density at radius 1 is 1.73 bits per heavy atom. The summed E-state index contributed by atoms with van der Waals surface area (Å²) in [5.41, 5.74) is 0. The number of hydrogen-bond acceptors (Lipinski definition) is 4. The highest BCUT2D eigenvalue weighted by atomic mass is 16.5. The number of rotatable bonds is 2. The van der Waals surface area contributed by atoms with E-state index in [1.165, 1.54) is 7.11 Å². The van der Waals surface area contributed by atoms with Gasteiger partial charge in [0, 0.05) is 6.04 Å². The fourth-order valence-electron chi connectivity index (χ4n) is 1.29. The van der Waals surface area contributed by atoms with Gasteiger partial charge >= 0.3 is 5.97 Å². The molecule has 1 fully saturated rings. The third-order valence-corrected chi connectivity index (χ3v) is 1.95. The zero-order valence-corrected chi connectivity index (χ0v) is 6.54. The van der Waals surface area contributed by atoms with Gasteiger partial charge in [0.05, 0.1) is 13.7 Å². The van der Waals surface area contributed by atoms with Crippen molar-refractivity contribution in [3.63, 3.8) is 0 Å². The molecule has 1 aliphatic heterocycles. The fraction of sp³-hybridized carbons (Fsp3) is 0.857. The van der Waals surface area contributed by atoms with Crippen molar-refractivity contribution in [3.8, 4) is 0 Å². The van der Waals surface area contributed by atoms with Crippen molar-refractivity contribution in [2.75, 3.05) is 13.7 Å². The molecule has 0 aromatic heterocycles. The van der Waals surface area contributed by atoms with Crippen LogP contribution in [0.25, 0.3) is 0 Å². The second kappa shape index (κ2) is 3.69. The van der Waals surface area contributed by atoms with Gasteiger partial charge < -0.3 is 9.84 Å². The minimum atomic E-state index is -0.235. The number of carbonyl (C=O) groups is 1. The number of aliphatic hydroxyl groups excluding tert-OH is 1. The molecule has 0 amide bonds. The topological polar surface area (TPSA) is 58.6 Å². The number of hydrogen-bond donors (Lipinski definition) is 2. The van der Waals surface area contributed by atoms with E-state index < -0.39 is 0 Å². The maximum Gasteiger partial charge on any atom is 0.322 e. The lowest BCUT2D eigenvalue weighted by molar-refractivity contribution is -0.142. The van der Waals surface area contributed by atoms with E-state index in [1.807, 2.05) is 0 Å². The van der Waals surface area contributed by atoms with Crippen LogP contribution >= 0.6 is 0 Å². The van der Waals surface area contributed by atoms with Crippen molar-refractivity contribution in [2.24, 2.45) is 0 Å². The highest BCUT2D eigenvalue weighted by Crippen LogP contribution is 2.12. The number of methoxy groups -OCH3 is 1. The van der Waals surface area contributed by atoms with Crippen LogP contribution in [0.5, 0.6) is 0 Å². The van der Waals surface area contributed by atoms with Gasteiger partial charge in [-0.25, -0.2) is 0 Å². The van der Waals surface area contributed by atoms with Crippen LogP contribution in [0.2, 0.25) is 0 Å². The summed E-state index contributed by atoms with van der Waals surface area (Å²) in [4.78, 5) is 10.9. The van der Waals surface area contributed by atoms with Crippen LogP contribution in [0.1, 0.15) is 12.8 Å². The summed E-state index contributed by atoms with van der Waals surface area (Å²) in [6.45, 7) is 0.0908. The Kier molecular flexibility index (Phi) is 2.84. The number of aliphatic hydroxyl groups is 1. The molecule has 0 aromatic rings. The van der Waals surface area contributed by atoms with Crippen molar-refractivity contribution in [2.45, 2.75) is 24.9 Å². The van der Waals surface area contributed by atoms with Crippen LogP contribution in [0, 0.1) is 0 Å². The first kappa shape index (κ1) is 8.49. The quantitative estimate of drug-likeness (QED) is 0.522. The Morgan fingerprint density at radius 2 is 2.45 bits per heavy atom. The van der Waals surface area contributed by atoms with Crippen LogP contribution in [-0.2, 0) is 9.53 Å². The molecule has 0 unspecified atom stereocenters. The molecule has 2 N–H and O–H groups in total. The highest BCUT2D eigenvalue weighted by Gasteiger charge is 2.28. The molecular formula is C7H13NO3. The molecule has 0 bridgehead atoms. The lowest BCUT2D eigenvalue weighted by Crippen LogP contribution is -2.37. The maximum atomic E-state index is 10.9. The Morgan fingerprint density at radius 3 is 2.91 bits per heavy atom. The van der Waals surface area contributed by atoms with Crippen LogP contribution in [-0.4, -0.2) is 36.9 Å². The first-order valence-electron chi connectivity index (χ1n) is 3.72. The summed E-state index contributed by atoms with van der Waals surface area (Å²) in [5, 5.41) is 11.7. The van der Waals surface area contributed by atoms with E-state index in [2.05, 4.69) is 10.1 Å². The molecule has 1 heterocycles. The van der Waals surface area contributed by atoms with Gasteiger partial charge in [-0.2, -0.15) is 0 Å². The lowest BCUT2D eigenvalue weighted by Gasteiger charge is -2.09. The first-order valence-corrected chi connectivity index (χ1v) is 3.72. The highest BCUT2D eigenvalue weighted by molar-refractivity contribution is 5.76. The lowest BCUT2D eigenvalue weighted by atomic mass is 10.2. The molecule has 1 aliphatic rings. The molecule has 0 spiro atoms. The summed E-state index contributed by atoms with van der Waals surface area (Å²) in [6.07, 6.45) is 1.61. The van der Waals surface area contributed by atoms with Gasteiger partial charge in [-0.05, 0) is 12.8 Å². The number of esters is 1. The molecule has 0 radical (unpaired) electrons. The van der Waals surface area contributed by atoms with Crippen molar-refractivity contribution in [1.29, 1.82) is 0 Å². The smallest absolute Gasteiger partial charge is 0.322 e. The molecule has 64 valence electrons. The Balaban J connectivity index is 2.35. The van der Waals surface area contributed by atoms with Crippen molar-refractivity contribution in [1.82, 2.24) is 5.32 Å². The van der Waals surface area contributed by atoms with Gasteiger partial charge in [-0.1, -0.05) is 0 Å². The summed E-state index contributed by atoms with van der Waals surface area (Å²) in [5.74, 6) is -0.235. The summed E-state index contributed by atoms with van der Waals surface area (Å²) < 4.78 is 4.54. The zero-order valence-electron chi connectivity index (χ0n) is 6.54. The maximum absolute atomic E-state index is 10.9. The molecule has 1 rings (SSSR count). The molecule has 4 heteroatoms. The largest absolute Gasteiger partial charge is 0.468 e. The monoisotopic (exact) mass is 159 g/mol. The number of carbonyl (C=O) groups excluding carboxylic acids is 1. The third kappa shape index (κ3) is 1.91. The van der Waals surface area contributed by atoms with Gasteiger partial charge in [-0.15, -0.1) is 0 Å². The van der Waals surface area contributed by atoms with Crippen LogP contribution < -0.4 is 5.32 Å². The molecule has 4 nitrogen and oxygen atoms in total. The minimum Gasteiger partial charge on any atom is -0.468 e. The second-order valence-corrected chi connectivity index (χ2v) is 2.70. The average Bonchev–Trinajstić information content (AvgIpc) is 2.50. The van der Waals surface area contributed by atoms with Gasteiger partial charge in [0.2, 0.25) is 0 Å². The summed E-state index contributed by atoms with van der Waals surface area (Å²) in [7, 11) is 1.37. The number of nitrogens with one attached hydrogen (secondary N) is 1. The normalized spacial score (nSPS) is 30.4. The summed E-state index contributed by atoms with van der Waals surface area (Å²) >= 11 is 0. The van der Waals surface area contributed by atoms with Crippen molar-refractivity contribution < 1.29 is 14.6 Å². The van der Waals surface area contributed by atoms with Crippen molar-refractivity contribution in [3.05, 3.63) is 0 Å². The molecule has 1 saturated heterocycles. The molecule has 0 saturated carbocycles. The fourth-order valence-corrected chi connectivity index (χ4v) is 1.29. The van der Waals surface area contributed by atoms with E-state index in [0.717, 1.165) is 12.8 Å². The minimum absolute atomic E-state index is 0.0686. The van der Waals surface area contributed by atoms with Gasteiger partial charge in [0.25, 0.3) is 0 Å². The van der Waals surface area contributed by atoms with E-state index >= 15 is 0 Å². The molecule has 2 atom stereocenters. The van der Waals surface area contributed by atoms with E-state index in [9.17, 15) is 4.79 Å². The third-order valence-electron chi connectivity index (χ3n) is 1.95.